The molecule has 1 aromatic rings. The molecule has 0 radical (unpaired) electrons. The molecule has 5 heteroatoms. The summed E-state index contributed by atoms with van der Waals surface area (Å²) in [6, 6.07) is 0. The number of ether oxygens (including phenoxy) is 2. The van der Waals surface area contributed by atoms with Crippen LogP contribution in [0.1, 0.15) is 23.5 Å². The van der Waals surface area contributed by atoms with Gasteiger partial charge in [0.15, 0.2) is 0 Å². The van der Waals surface area contributed by atoms with Crippen molar-refractivity contribution in [3.05, 3.63) is 16.1 Å². The van der Waals surface area contributed by atoms with E-state index in [-0.39, 0.29) is 12.2 Å². The molecule has 0 amide bonds. The van der Waals surface area contributed by atoms with Gasteiger partial charge in [-0.25, -0.2) is 4.98 Å². The van der Waals surface area contributed by atoms with Crippen LogP contribution in [0, 0.1) is 0 Å². The molecule has 84 valence electrons. The highest BCUT2D eigenvalue weighted by molar-refractivity contribution is 7.09. The van der Waals surface area contributed by atoms with Crippen molar-refractivity contribution in [3.8, 4) is 0 Å². The van der Waals surface area contributed by atoms with Crippen molar-refractivity contribution in [2.45, 2.75) is 25.0 Å². The summed E-state index contributed by atoms with van der Waals surface area (Å²) in [4.78, 5) is 4.38. The molecule has 1 aliphatic heterocycles. The van der Waals surface area contributed by atoms with Gasteiger partial charge >= 0.3 is 0 Å². The minimum Gasteiger partial charge on any atom is -0.390 e. The van der Waals surface area contributed by atoms with Gasteiger partial charge < -0.3 is 14.6 Å². The average Bonchev–Trinajstić information content (AvgIpc) is 2.79. The normalized spacial score (nSPS) is 20.4. The maximum absolute atomic E-state index is 8.98. The van der Waals surface area contributed by atoms with Gasteiger partial charge in [-0.3, -0.25) is 0 Å². The molecule has 15 heavy (non-hydrogen) atoms. The first-order valence-corrected chi connectivity index (χ1v) is 5.87. The van der Waals surface area contributed by atoms with Crippen molar-refractivity contribution >= 4 is 11.3 Å². The third-order valence-electron chi connectivity index (χ3n) is 2.79. The topological polar surface area (TPSA) is 51.6 Å². The lowest BCUT2D eigenvalue weighted by Gasteiger charge is -2.33. The van der Waals surface area contributed by atoms with Crippen LogP contribution in [0.15, 0.2) is 5.38 Å². The summed E-state index contributed by atoms with van der Waals surface area (Å²) < 4.78 is 10.9. The standard InChI is InChI=1S/C10H15NO3S/c1-13-10(2-4-14-5-3-10)9-11-8(6-12)7-15-9/h7,12H,2-6H2,1H3. The molecule has 0 aliphatic carbocycles. The maximum atomic E-state index is 8.98. The van der Waals surface area contributed by atoms with Gasteiger partial charge in [0, 0.05) is 38.5 Å². The van der Waals surface area contributed by atoms with Gasteiger partial charge in [0.05, 0.1) is 12.3 Å². The molecule has 1 aromatic heterocycles. The molecule has 0 saturated carbocycles. The Kier molecular flexibility index (Phi) is 3.35. The van der Waals surface area contributed by atoms with Crippen LogP contribution in [0.4, 0.5) is 0 Å². The number of hydrogen-bond donors (Lipinski definition) is 1. The van der Waals surface area contributed by atoms with Gasteiger partial charge in [-0.15, -0.1) is 11.3 Å². The second-order valence-electron chi connectivity index (χ2n) is 3.61. The highest BCUT2D eigenvalue weighted by Crippen LogP contribution is 2.37. The monoisotopic (exact) mass is 229 g/mol. The number of aliphatic hydroxyl groups excluding tert-OH is 1. The minimum atomic E-state index is -0.295. The van der Waals surface area contributed by atoms with E-state index in [1.54, 1.807) is 18.4 Å². The van der Waals surface area contributed by atoms with E-state index in [0.29, 0.717) is 13.2 Å². The number of rotatable bonds is 3. The quantitative estimate of drug-likeness (QED) is 0.848. The van der Waals surface area contributed by atoms with Crippen molar-refractivity contribution in [1.29, 1.82) is 0 Å². The smallest absolute Gasteiger partial charge is 0.125 e. The fourth-order valence-corrected chi connectivity index (χ4v) is 2.84. The molecule has 1 N–H and O–H groups in total. The van der Waals surface area contributed by atoms with Gasteiger partial charge in [-0.05, 0) is 0 Å². The highest BCUT2D eigenvalue weighted by Gasteiger charge is 2.37. The van der Waals surface area contributed by atoms with Crippen LogP contribution in [0.25, 0.3) is 0 Å². The van der Waals surface area contributed by atoms with Crippen molar-refractivity contribution in [1.82, 2.24) is 4.98 Å². The molecule has 0 atom stereocenters. The summed E-state index contributed by atoms with van der Waals surface area (Å²) in [5.41, 5.74) is 0.425. The largest absolute Gasteiger partial charge is 0.390 e. The molecule has 0 spiro atoms. The lowest BCUT2D eigenvalue weighted by atomic mass is 9.95. The van der Waals surface area contributed by atoms with Crippen LogP contribution in [0.2, 0.25) is 0 Å². The summed E-state index contributed by atoms with van der Waals surface area (Å²) in [5, 5.41) is 11.8. The predicted octanol–water partition coefficient (Wildman–Crippen LogP) is 1.29. The summed E-state index contributed by atoms with van der Waals surface area (Å²) in [5.74, 6) is 0. The number of methoxy groups -OCH3 is 1. The second kappa shape index (κ2) is 4.57. The Labute approximate surface area is 92.9 Å². The maximum Gasteiger partial charge on any atom is 0.125 e. The predicted molar refractivity (Wildman–Crippen MR) is 56.8 cm³/mol. The molecule has 4 nitrogen and oxygen atoms in total. The van der Waals surface area contributed by atoms with Gasteiger partial charge in [0.25, 0.3) is 0 Å². The van der Waals surface area contributed by atoms with Gasteiger partial charge in [-0.1, -0.05) is 0 Å². The van der Waals surface area contributed by atoms with Gasteiger partial charge in [0.2, 0.25) is 0 Å². The molecule has 1 saturated heterocycles. The zero-order valence-corrected chi connectivity index (χ0v) is 9.55. The Bertz CT molecular complexity index is 320. The Morgan fingerprint density at radius 2 is 2.33 bits per heavy atom. The summed E-state index contributed by atoms with van der Waals surface area (Å²) in [6.45, 7) is 1.41. The molecule has 2 heterocycles. The third-order valence-corrected chi connectivity index (χ3v) is 3.87. The van der Waals surface area contributed by atoms with E-state index in [9.17, 15) is 0 Å². The van der Waals surface area contributed by atoms with Crippen molar-refractivity contribution in [2.24, 2.45) is 0 Å². The number of nitrogens with zero attached hydrogens (tertiary/aromatic N) is 1. The third kappa shape index (κ3) is 2.06. The second-order valence-corrected chi connectivity index (χ2v) is 4.47. The Hall–Kier alpha value is -0.490. The van der Waals surface area contributed by atoms with Crippen molar-refractivity contribution in [2.75, 3.05) is 20.3 Å². The minimum absolute atomic E-state index is 0.00715. The van der Waals surface area contributed by atoms with E-state index in [1.165, 1.54) is 0 Å². The Morgan fingerprint density at radius 3 is 2.87 bits per heavy atom. The number of aromatic nitrogens is 1. The molecular formula is C10H15NO3S. The zero-order chi connectivity index (χ0) is 10.7. The van der Waals surface area contributed by atoms with Gasteiger partial charge in [0.1, 0.15) is 10.6 Å². The molecule has 2 rings (SSSR count). The summed E-state index contributed by atoms with van der Waals surface area (Å²) in [6.07, 6.45) is 1.67. The summed E-state index contributed by atoms with van der Waals surface area (Å²) in [7, 11) is 1.71. The average molecular weight is 229 g/mol. The van der Waals surface area contributed by atoms with E-state index in [2.05, 4.69) is 4.98 Å². The first kappa shape index (κ1) is 11.0. The van der Waals surface area contributed by atoms with E-state index >= 15 is 0 Å². The van der Waals surface area contributed by atoms with Crippen LogP contribution in [-0.2, 0) is 21.7 Å². The molecule has 1 fully saturated rings. The van der Waals surface area contributed by atoms with Crippen LogP contribution >= 0.6 is 11.3 Å². The fraction of sp³-hybridized carbons (Fsp3) is 0.700. The lowest BCUT2D eigenvalue weighted by molar-refractivity contribution is -0.0949. The summed E-state index contributed by atoms with van der Waals surface area (Å²) >= 11 is 1.55. The SMILES string of the molecule is COC1(c2nc(CO)cs2)CCOCC1. The number of thiazole rings is 1. The first-order chi connectivity index (χ1) is 7.30. The Morgan fingerprint density at radius 1 is 1.60 bits per heavy atom. The van der Waals surface area contributed by atoms with Crippen LogP contribution in [0.3, 0.4) is 0 Å². The molecule has 0 bridgehead atoms. The van der Waals surface area contributed by atoms with E-state index < -0.39 is 0 Å². The Balaban J connectivity index is 2.24. The number of aliphatic hydroxyl groups is 1. The highest BCUT2D eigenvalue weighted by atomic mass is 32.1. The van der Waals surface area contributed by atoms with Crippen LogP contribution in [-0.4, -0.2) is 30.4 Å². The zero-order valence-electron chi connectivity index (χ0n) is 8.73. The van der Waals surface area contributed by atoms with Gasteiger partial charge in [-0.2, -0.15) is 0 Å². The molecule has 0 aromatic carbocycles. The van der Waals surface area contributed by atoms with E-state index in [1.807, 2.05) is 5.38 Å². The van der Waals surface area contributed by atoms with E-state index in [4.69, 9.17) is 14.6 Å². The lowest BCUT2D eigenvalue weighted by Crippen LogP contribution is -2.35. The molecule has 1 aliphatic rings. The van der Waals surface area contributed by atoms with Crippen LogP contribution < -0.4 is 0 Å². The fourth-order valence-electron chi connectivity index (χ4n) is 1.80. The molecular weight excluding hydrogens is 214 g/mol. The van der Waals surface area contributed by atoms with E-state index in [0.717, 1.165) is 23.5 Å². The van der Waals surface area contributed by atoms with Crippen LogP contribution in [0.5, 0.6) is 0 Å². The molecule has 0 unspecified atom stereocenters. The number of hydrogen-bond acceptors (Lipinski definition) is 5. The van der Waals surface area contributed by atoms with Crippen molar-refractivity contribution in [3.63, 3.8) is 0 Å². The first-order valence-electron chi connectivity index (χ1n) is 4.99. The van der Waals surface area contributed by atoms with Crippen molar-refractivity contribution < 1.29 is 14.6 Å².